The Labute approximate surface area is 113 Å². The minimum Gasteiger partial charge on any atom is -0.472 e. The highest BCUT2D eigenvalue weighted by molar-refractivity contribution is 6.30. The van der Waals surface area contributed by atoms with Gasteiger partial charge < -0.3 is 9.73 Å². The summed E-state index contributed by atoms with van der Waals surface area (Å²) in [5, 5.41) is 4.29. The van der Waals surface area contributed by atoms with E-state index in [4.69, 9.17) is 16.0 Å². The van der Waals surface area contributed by atoms with Crippen molar-refractivity contribution in [1.82, 2.24) is 5.32 Å². The Morgan fingerprint density at radius 1 is 1.33 bits per heavy atom. The van der Waals surface area contributed by atoms with Crippen molar-refractivity contribution in [1.29, 1.82) is 0 Å². The first-order valence-electron chi connectivity index (χ1n) is 6.21. The van der Waals surface area contributed by atoms with Gasteiger partial charge in [0.2, 0.25) is 0 Å². The monoisotopic (exact) mass is 263 g/mol. The molecule has 1 aromatic carbocycles. The number of benzene rings is 1. The lowest BCUT2D eigenvalue weighted by Crippen LogP contribution is -2.23. The maximum atomic E-state index is 6.10. The third kappa shape index (κ3) is 3.15. The summed E-state index contributed by atoms with van der Waals surface area (Å²) in [6.07, 6.45) is 4.42. The van der Waals surface area contributed by atoms with Crippen LogP contribution in [0, 0.1) is 6.92 Å². The molecule has 2 aromatic rings. The number of hydrogen-bond donors (Lipinski definition) is 1. The second-order valence-corrected chi connectivity index (χ2v) is 4.88. The molecule has 0 radical (unpaired) electrons. The number of furan rings is 1. The maximum Gasteiger partial charge on any atom is 0.0935 e. The molecular formula is C15H18ClNO. The van der Waals surface area contributed by atoms with E-state index in [9.17, 15) is 0 Å². The van der Waals surface area contributed by atoms with Crippen molar-refractivity contribution < 1.29 is 4.42 Å². The molecule has 3 heteroatoms. The molecule has 96 valence electrons. The van der Waals surface area contributed by atoms with Crippen molar-refractivity contribution >= 4 is 11.6 Å². The highest BCUT2D eigenvalue weighted by Crippen LogP contribution is 2.25. The molecule has 1 N–H and O–H groups in total. The summed E-state index contributed by atoms with van der Waals surface area (Å²) in [4.78, 5) is 0. The van der Waals surface area contributed by atoms with Crippen molar-refractivity contribution in [2.24, 2.45) is 0 Å². The van der Waals surface area contributed by atoms with Crippen molar-refractivity contribution in [3.8, 4) is 0 Å². The highest BCUT2D eigenvalue weighted by Gasteiger charge is 2.14. The summed E-state index contributed by atoms with van der Waals surface area (Å²) < 4.78 is 5.13. The summed E-state index contributed by atoms with van der Waals surface area (Å²) >= 11 is 6.10. The minimum absolute atomic E-state index is 0.270. The van der Waals surface area contributed by atoms with Crippen LogP contribution < -0.4 is 5.32 Å². The third-order valence-electron chi connectivity index (χ3n) is 3.09. The minimum atomic E-state index is 0.270. The normalized spacial score (nSPS) is 12.6. The first-order valence-corrected chi connectivity index (χ1v) is 6.59. The molecule has 0 amide bonds. The summed E-state index contributed by atoms with van der Waals surface area (Å²) in [5.41, 5.74) is 3.71. The Bertz CT molecular complexity index is 493. The van der Waals surface area contributed by atoms with E-state index in [0.29, 0.717) is 0 Å². The molecule has 0 aliphatic carbocycles. The van der Waals surface area contributed by atoms with Crippen molar-refractivity contribution in [2.45, 2.75) is 26.3 Å². The second kappa shape index (κ2) is 6.07. The quantitative estimate of drug-likeness (QED) is 0.877. The number of nitrogens with one attached hydrogen (secondary N) is 1. The molecule has 2 rings (SSSR count). The van der Waals surface area contributed by atoms with Gasteiger partial charge in [0, 0.05) is 11.1 Å². The van der Waals surface area contributed by atoms with E-state index in [2.05, 4.69) is 25.2 Å². The Morgan fingerprint density at radius 3 is 2.83 bits per heavy atom. The molecule has 1 unspecified atom stereocenters. The Morgan fingerprint density at radius 2 is 2.17 bits per heavy atom. The van der Waals surface area contributed by atoms with Gasteiger partial charge >= 0.3 is 0 Å². The number of rotatable bonds is 5. The van der Waals surface area contributed by atoms with Crippen LogP contribution in [0.3, 0.4) is 0 Å². The summed E-state index contributed by atoms with van der Waals surface area (Å²) in [6, 6.07) is 8.32. The van der Waals surface area contributed by atoms with E-state index in [1.54, 1.807) is 12.5 Å². The van der Waals surface area contributed by atoms with Crippen LogP contribution in [0.2, 0.25) is 5.02 Å². The van der Waals surface area contributed by atoms with Gasteiger partial charge in [-0.25, -0.2) is 0 Å². The zero-order valence-electron chi connectivity index (χ0n) is 10.7. The molecule has 0 spiro atoms. The topological polar surface area (TPSA) is 25.2 Å². The molecule has 0 saturated heterocycles. The van der Waals surface area contributed by atoms with E-state index in [1.165, 1.54) is 16.7 Å². The van der Waals surface area contributed by atoms with Crippen LogP contribution >= 0.6 is 11.6 Å². The summed E-state index contributed by atoms with van der Waals surface area (Å²) in [5.74, 6) is 0. The van der Waals surface area contributed by atoms with Gasteiger partial charge in [0.1, 0.15) is 0 Å². The molecule has 0 aliphatic rings. The van der Waals surface area contributed by atoms with Gasteiger partial charge in [0.25, 0.3) is 0 Å². The summed E-state index contributed by atoms with van der Waals surface area (Å²) in [6.45, 7) is 5.15. The molecule has 0 fully saturated rings. The lowest BCUT2D eigenvalue weighted by Gasteiger charge is -2.20. The van der Waals surface area contributed by atoms with E-state index in [-0.39, 0.29) is 6.04 Å². The molecule has 0 aliphatic heterocycles. The van der Waals surface area contributed by atoms with Crippen LogP contribution in [0.15, 0.2) is 41.2 Å². The smallest absolute Gasteiger partial charge is 0.0935 e. The molecule has 1 atom stereocenters. The van der Waals surface area contributed by atoms with E-state index < -0.39 is 0 Å². The molecule has 1 aromatic heterocycles. The average Bonchev–Trinajstić information content (AvgIpc) is 2.85. The standard InChI is InChI=1S/C15H18ClNO/c1-3-17-15(8-12-6-7-18-10-12)14-9-13(16)5-4-11(14)2/h4-7,9-10,15,17H,3,8H2,1-2H3. The molecule has 0 saturated carbocycles. The van der Waals surface area contributed by atoms with Gasteiger partial charge in [-0.05, 0) is 54.8 Å². The number of hydrogen-bond acceptors (Lipinski definition) is 2. The van der Waals surface area contributed by atoms with Crippen LogP contribution in [0.5, 0.6) is 0 Å². The number of aryl methyl sites for hydroxylation is 1. The van der Waals surface area contributed by atoms with Crippen LogP contribution in [0.25, 0.3) is 0 Å². The first kappa shape index (κ1) is 13.2. The predicted molar refractivity (Wildman–Crippen MR) is 75.0 cm³/mol. The van der Waals surface area contributed by atoms with Crippen LogP contribution in [-0.4, -0.2) is 6.54 Å². The van der Waals surface area contributed by atoms with Crippen molar-refractivity contribution in [2.75, 3.05) is 6.54 Å². The maximum absolute atomic E-state index is 6.10. The van der Waals surface area contributed by atoms with Gasteiger partial charge in [-0.1, -0.05) is 24.6 Å². The average molecular weight is 264 g/mol. The molecule has 0 bridgehead atoms. The van der Waals surface area contributed by atoms with Crippen LogP contribution in [0.4, 0.5) is 0 Å². The van der Waals surface area contributed by atoms with Crippen molar-refractivity contribution in [3.63, 3.8) is 0 Å². The van der Waals surface area contributed by atoms with Gasteiger partial charge in [-0.3, -0.25) is 0 Å². The number of likely N-dealkylation sites (N-methyl/N-ethyl adjacent to an activating group) is 1. The molecule has 18 heavy (non-hydrogen) atoms. The SMILES string of the molecule is CCNC(Cc1ccoc1)c1cc(Cl)ccc1C. The van der Waals surface area contributed by atoms with Gasteiger partial charge in [-0.15, -0.1) is 0 Å². The summed E-state index contributed by atoms with van der Waals surface area (Å²) in [7, 11) is 0. The fraction of sp³-hybridized carbons (Fsp3) is 0.333. The van der Waals surface area contributed by atoms with E-state index in [1.807, 2.05) is 18.2 Å². The van der Waals surface area contributed by atoms with Crippen molar-refractivity contribution in [3.05, 3.63) is 58.5 Å². The van der Waals surface area contributed by atoms with Gasteiger partial charge in [0.15, 0.2) is 0 Å². The second-order valence-electron chi connectivity index (χ2n) is 4.45. The van der Waals surface area contributed by atoms with Gasteiger partial charge in [0.05, 0.1) is 12.5 Å². The third-order valence-corrected chi connectivity index (χ3v) is 3.32. The molecular weight excluding hydrogens is 246 g/mol. The Balaban J connectivity index is 2.26. The molecule has 1 heterocycles. The fourth-order valence-corrected chi connectivity index (χ4v) is 2.35. The van der Waals surface area contributed by atoms with E-state index in [0.717, 1.165) is 18.0 Å². The highest BCUT2D eigenvalue weighted by atomic mass is 35.5. The largest absolute Gasteiger partial charge is 0.472 e. The molecule has 2 nitrogen and oxygen atoms in total. The lowest BCUT2D eigenvalue weighted by atomic mass is 9.96. The lowest BCUT2D eigenvalue weighted by molar-refractivity contribution is 0.533. The Kier molecular flexibility index (Phi) is 4.45. The van der Waals surface area contributed by atoms with Crippen LogP contribution in [-0.2, 0) is 6.42 Å². The van der Waals surface area contributed by atoms with Crippen LogP contribution in [0.1, 0.15) is 29.7 Å². The fourth-order valence-electron chi connectivity index (χ4n) is 2.17. The predicted octanol–water partition coefficient (Wildman–Crippen LogP) is 4.13. The Hall–Kier alpha value is -1.25. The zero-order valence-corrected chi connectivity index (χ0v) is 11.5. The van der Waals surface area contributed by atoms with Gasteiger partial charge in [-0.2, -0.15) is 0 Å². The number of halogens is 1. The van der Waals surface area contributed by atoms with E-state index >= 15 is 0 Å². The zero-order chi connectivity index (χ0) is 13.0. The first-order chi connectivity index (χ1) is 8.70.